The Bertz CT molecular complexity index is 488. The van der Waals surface area contributed by atoms with E-state index in [1.807, 2.05) is 31.2 Å². The lowest BCUT2D eigenvalue weighted by Gasteiger charge is -2.42. The molecule has 0 spiro atoms. The molecule has 1 aromatic carbocycles. The Morgan fingerprint density at radius 2 is 1.84 bits per heavy atom. The first-order chi connectivity index (χ1) is 8.88. The molecule has 102 valence electrons. The van der Waals surface area contributed by atoms with E-state index in [1.165, 1.54) is 0 Å². The van der Waals surface area contributed by atoms with Gasteiger partial charge in [0, 0.05) is 0 Å². The van der Waals surface area contributed by atoms with Gasteiger partial charge in [-0.05, 0) is 43.6 Å². The molecule has 1 saturated carbocycles. The molecular formula is C17H23NO. The van der Waals surface area contributed by atoms with Crippen LogP contribution < -0.4 is 0 Å². The molecule has 0 bridgehead atoms. The maximum absolute atomic E-state index is 10.7. The van der Waals surface area contributed by atoms with Crippen LogP contribution in [0.25, 0.3) is 0 Å². The standard InChI is InChI=1S/C17H23NO/c1-13-5-4-6-14(11-13)15(19)17(12-18)9-7-16(2,3)8-10-17/h4-6,11,15,19H,7-10H2,1-3H3. The molecule has 1 N–H and O–H groups in total. The van der Waals surface area contributed by atoms with Crippen LogP contribution in [0.3, 0.4) is 0 Å². The lowest BCUT2D eigenvalue weighted by Crippen LogP contribution is -2.35. The molecule has 1 aliphatic carbocycles. The molecule has 1 aromatic rings. The van der Waals surface area contributed by atoms with Crippen molar-refractivity contribution in [1.82, 2.24) is 0 Å². The van der Waals surface area contributed by atoms with Gasteiger partial charge in [-0.3, -0.25) is 0 Å². The number of nitrogens with zero attached hydrogens (tertiary/aromatic N) is 1. The molecule has 19 heavy (non-hydrogen) atoms. The normalized spacial score (nSPS) is 22.5. The van der Waals surface area contributed by atoms with Crippen molar-refractivity contribution in [1.29, 1.82) is 5.26 Å². The van der Waals surface area contributed by atoms with Crippen LogP contribution in [0, 0.1) is 29.1 Å². The lowest BCUT2D eigenvalue weighted by atomic mass is 9.62. The molecule has 0 radical (unpaired) electrons. The van der Waals surface area contributed by atoms with Crippen molar-refractivity contribution in [3.63, 3.8) is 0 Å². The van der Waals surface area contributed by atoms with Crippen molar-refractivity contribution in [3.05, 3.63) is 35.4 Å². The third-order valence-corrected chi connectivity index (χ3v) is 4.60. The first-order valence-electron chi connectivity index (χ1n) is 7.04. The summed E-state index contributed by atoms with van der Waals surface area (Å²) in [7, 11) is 0. The van der Waals surface area contributed by atoms with Crippen LogP contribution in [0.1, 0.15) is 56.8 Å². The van der Waals surface area contributed by atoms with Crippen LogP contribution in [0.15, 0.2) is 24.3 Å². The number of aliphatic hydroxyl groups excluding tert-OH is 1. The summed E-state index contributed by atoms with van der Waals surface area (Å²) in [6.07, 6.45) is 2.90. The van der Waals surface area contributed by atoms with E-state index in [4.69, 9.17) is 0 Å². The number of benzene rings is 1. The van der Waals surface area contributed by atoms with Crippen LogP contribution in [0.4, 0.5) is 0 Å². The quantitative estimate of drug-likeness (QED) is 0.865. The van der Waals surface area contributed by atoms with E-state index >= 15 is 0 Å². The Labute approximate surface area is 116 Å². The largest absolute Gasteiger partial charge is 0.387 e. The molecule has 2 nitrogen and oxygen atoms in total. The molecule has 1 fully saturated rings. The number of hydrogen-bond acceptors (Lipinski definition) is 2. The van der Waals surface area contributed by atoms with Gasteiger partial charge in [0.2, 0.25) is 0 Å². The average Bonchev–Trinajstić information content (AvgIpc) is 2.39. The highest BCUT2D eigenvalue weighted by Gasteiger charge is 2.44. The third kappa shape index (κ3) is 2.82. The van der Waals surface area contributed by atoms with Gasteiger partial charge in [-0.25, -0.2) is 0 Å². The minimum atomic E-state index is -0.673. The molecule has 0 heterocycles. The predicted molar refractivity (Wildman–Crippen MR) is 76.4 cm³/mol. The van der Waals surface area contributed by atoms with Crippen molar-refractivity contribution in [3.8, 4) is 6.07 Å². The maximum Gasteiger partial charge on any atom is 0.0976 e. The summed E-state index contributed by atoms with van der Waals surface area (Å²) < 4.78 is 0. The monoisotopic (exact) mass is 257 g/mol. The molecule has 2 rings (SSSR count). The lowest BCUT2D eigenvalue weighted by molar-refractivity contribution is 0.00953. The maximum atomic E-state index is 10.7. The van der Waals surface area contributed by atoms with E-state index < -0.39 is 11.5 Å². The highest BCUT2D eigenvalue weighted by molar-refractivity contribution is 5.27. The smallest absolute Gasteiger partial charge is 0.0976 e. The number of nitriles is 1. The Kier molecular flexibility index (Phi) is 3.69. The molecule has 2 heteroatoms. The predicted octanol–water partition coefficient (Wildman–Crippen LogP) is 4.14. The van der Waals surface area contributed by atoms with E-state index in [0.717, 1.165) is 36.8 Å². The SMILES string of the molecule is Cc1cccc(C(O)C2(C#N)CCC(C)(C)CC2)c1. The summed E-state index contributed by atoms with van der Waals surface area (Å²) in [5.41, 5.74) is 1.69. The second-order valence-electron chi connectivity index (χ2n) is 6.75. The second-order valence-corrected chi connectivity index (χ2v) is 6.75. The van der Waals surface area contributed by atoms with Crippen molar-refractivity contribution in [2.45, 2.75) is 52.6 Å². The summed E-state index contributed by atoms with van der Waals surface area (Å²) in [6, 6.07) is 10.3. The van der Waals surface area contributed by atoms with E-state index in [0.29, 0.717) is 5.41 Å². The van der Waals surface area contributed by atoms with Gasteiger partial charge in [0.15, 0.2) is 0 Å². The minimum Gasteiger partial charge on any atom is -0.387 e. The zero-order valence-corrected chi connectivity index (χ0v) is 12.1. The topological polar surface area (TPSA) is 44.0 Å². The fraction of sp³-hybridized carbons (Fsp3) is 0.588. The van der Waals surface area contributed by atoms with E-state index in [9.17, 15) is 10.4 Å². The van der Waals surface area contributed by atoms with Gasteiger partial charge in [0.25, 0.3) is 0 Å². The summed E-state index contributed by atoms with van der Waals surface area (Å²) in [5.74, 6) is 0. The van der Waals surface area contributed by atoms with Crippen molar-refractivity contribution in [2.24, 2.45) is 10.8 Å². The fourth-order valence-electron chi connectivity index (χ4n) is 2.98. The molecule has 0 saturated heterocycles. The fourth-order valence-corrected chi connectivity index (χ4v) is 2.98. The number of rotatable bonds is 2. The molecular weight excluding hydrogens is 234 g/mol. The summed E-state index contributed by atoms with van der Waals surface area (Å²) >= 11 is 0. The molecule has 1 aliphatic rings. The van der Waals surface area contributed by atoms with Crippen molar-refractivity contribution < 1.29 is 5.11 Å². The van der Waals surface area contributed by atoms with E-state index in [-0.39, 0.29) is 0 Å². The molecule has 1 atom stereocenters. The molecule has 0 aliphatic heterocycles. The van der Waals surface area contributed by atoms with Crippen LogP contribution in [0.5, 0.6) is 0 Å². The zero-order valence-electron chi connectivity index (χ0n) is 12.1. The number of aliphatic hydroxyl groups is 1. The van der Waals surface area contributed by atoms with Crippen LogP contribution in [0.2, 0.25) is 0 Å². The highest BCUT2D eigenvalue weighted by Crippen LogP contribution is 2.50. The summed E-state index contributed by atoms with van der Waals surface area (Å²) in [4.78, 5) is 0. The van der Waals surface area contributed by atoms with Gasteiger partial charge >= 0.3 is 0 Å². The van der Waals surface area contributed by atoms with E-state index in [2.05, 4.69) is 19.9 Å². The molecule has 0 amide bonds. The number of hydrogen-bond donors (Lipinski definition) is 1. The van der Waals surface area contributed by atoms with E-state index in [1.54, 1.807) is 0 Å². The average molecular weight is 257 g/mol. The van der Waals surface area contributed by atoms with Crippen LogP contribution >= 0.6 is 0 Å². The van der Waals surface area contributed by atoms with Crippen molar-refractivity contribution >= 4 is 0 Å². The molecule has 1 unspecified atom stereocenters. The first-order valence-corrected chi connectivity index (χ1v) is 7.04. The third-order valence-electron chi connectivity index (χ3n) is 4.60. The zero-order chi connectivity index (χ0) is 14.1. The highest BCUT2D eigenvalue weighted by atomic mass is 16.3. The summed E-state index contributed by atoms with van der Waals surface area (Å²) in [6.45, 7) is 6.50. The van der Waals surface area contributed by atoms with Gasteiger partial charge < -0.3 is 5.11 Å². The van der Waals surface area contributed by atoms with Crippen LogP contribution in [-0.4, -0.2) is 5.11 Å². The minimum absolute atomic E-state index is 0.298. The Hall–Kier alpha value is -1.33. The Morgan fingerprint density at radius 1 is 1.21 bits per heavy atom. The van der Waals surface area contributed by atoms with Crippen molar-refractivity contribution in [2.75, 3.05) is 0 Å². The number of aryl methyl sites for hydroxylation is 1. The van der Waals surface area contributed by atoms with Gasteiger partial charge in [-0.15, -0.1) is 0 Å². The summed E-state index contributed by atoms with van der Waals surface area (Å²) in [5, 5.41) is 20.3. The first kappa shape index (κ1) is 14.1. The van der Waals surface area contributed by atoms with Gasteiger partial charge in [-0.1, -0.05) is 43.7 Å². The van der Waals surface area contributed by atoms with Gasteiger partial charge in [0.1, 0.15) is 0 Å². The van der Waals surface area contributed by atoms with Gasteiger partial charge in [-0.2, -0.15) is 5.26 Å². The van der Waals surface area contributed by atoms with Crippen LogP contribution in [-0.2, 0) is 0 Å². The Morgan fingerprint density at radius 3 is 2.37 bits per heavy atom. The Balaban J connectivity index is 2.26. The second kappa shape index (κ2) is 4.98. The molecule has 0 aromatic heterocycles. The van der Waals surface area contributed by atoms with Gasteiger partial charge in [0.05, 0.1) is 17.6 Å².